The van der Waals surface area contributed by atoms with E-state index in [0.717, 1.165) is 31.7 Å². The molecule has 1 aromatic rings. The maximum atomic E-state index is 11.0. The highest BCUT2D eigenvalue weighted by molar-refractivity contribution is 7.84. The van der Waals surface area contributed by atoms with Gasteiger partial charge in [-0.1, -0.05) is 6.92 Å². The van der Waals surface area contributed by atoms with Crippen LogP contribution in [0.2, 0.25) is 0 Å². The SMILES string of the molecule is CCCn1cccc1CNC(C)CCS(C)=O. The molecule has 2 atom stereocenters. The zero-order valence-corrected chi connectivity index (χ0v) is 11.9. The van der Waals surface area contributed by atoms with Crippen LogP contribution in [-0.2, 0) is 23.9 Å². The molecule has 98 valence electrons. The lowest BCUT2D eigenvalue weighted by Crippen LogP contribution is -2.28. The summed E-state index contributed by atoms with van der Waals surface area (Å²) >= 11 is 0. The van der Waals surface area contributed by atoms with Gasteiger partial charge in [0.1, 0.15) is 0 Å². The van der Waals surface area contributed by atoms with Crippen LogP contribution >= 0.6 is 0 Å². The molecule has 0 saturated carbocycles. The van der Waals surface area contributed by atoms with Crippen molar-refractivity contribution in [2.45, 2.75) is 45.8 Å². The van der Waals surface area contributed by atoms with Crippen molar-refractivity contribution in [1.29, 1.82) is 0 Å². The minimum atomic E-state index is -0.679. The molecule has 0 amide bonds. The van der Waals surface area contributed by atoms with Crippen LogP contribution in [0.3, 0.4) is 0 Å². The molecule has 4 heteroatoms. The summed E-state index contributed by atoms with van der Waals surface area (Å²) in [5.74, 6) is 0.782. The van der Waals surface area contributed by atoms with E-state index < -0.39 is 10.8 Å². The molecular weight excluding hydrogens is 232 g/mol. The number of aryl methyl sites for hydroxylation is 1. The Balaban J connectivity index is 2.33. The lowest BCUT2D eigenvalue weighted by molar-refractivity contribution is 0.514. The molecule has 1 N–H and O–H groups in total. The second-order valence-corrected chi connectivity index (χ2v) is 6.10. The van der Waals surface area contributed by atoms with E-state index in [1.165, 1.54) is 5.69 Å². The van der Waals surface area contributed by atoms with Gasteiger partial charge in [0.25, 0.3) is 0 Å². The average Bonchev–Trinajstić information content (AvgIpc) is 2.71. The van der Waals surface area contributed by atoms with Crippen LogP contribution < -0.4 is 5.32 Å². The normalized spacial score (nSPS) is 14.8. The predicted molar refractivity (Wildman–Crippen MR) is 74.6 cm³/mol. The van der Waals surface area contributed by atoms with Crippen LogP contribution in [0.5, 0.6) is 0 Å². The maximum absolute atomic E-state index is 11.0. The van der Waals surface area contributed by atoms with E-state index in [1.807, 2.05) is 0 Å². The Labute approximate surface area is 107 Å². The summed E-state index contributed by atoms with van der Waals surface area (Å²) in [7, 11) is -0.679. The minimum Gasteiger partial charge on any atom is -0.350 e. The van der Waals surface area contributed by atoms with Gasteiger partial charge in [0, 0.05) is 53.8 Å². The molecular formula is C13H24N2OS. The summed E-state index contributed by atoms with van der Waals surface area (Å²) in [5.41, 5.74) is 1.33. The smallest absolute Gasteiger partial charge is 0.0361 e. The Morgan fingerprint density at radius 1 is 1.53 bits per heavy atom. The third-order valence-electron chi connectivity index (χ3n) is 2.86. The molecule has 0 fully saturated rings. The first-order valence-corrected chi connectivity index (χ1v) is 8.03. The highest BCUT2D eigenvalue weighted by Gasteiger charge is 2.05. The lowest BCUT2D eigenvalue weighted by Gasteiger charge is -2.14. The Bertz CT molecular complexity index is 349. The van der Waals surface area contributed by atoms with Gasteiger partial charge >= 0.3 is 0 Å². The minimum absolute atomic E-state index is 0.420. The molecule has 0 aliphatic rings. The van der Waals surface area contributed by atoms with Crippen LogP contribution in [-0.4, -0.2) is 26.8 Å². The number of hydrogen-bond acceptors (Lipinski definition) is 2. The number of nitrogens with one attached hydrogen (secondary N) is 1. The molecule has 2 unspecified atom stereocenters. The Hall–Kier alpha value is -0.610. The standard InChI is InChI=1S/C13H24N2OS/c1-4-8-15-9-5-6-13(15)11-14-12(2)7-10-17(3)16/h5-6,9,12,14H,4,7-8,10-11H2,1-3H3. The van der Waals surface area contributed by atoms with E-state index in [-0.39, 0.29) is 0 Å². The van der Waals surface area contributed by atoms with E-state index in [9.17, 15) is 4.21 Å². The summed E-state index contributed by atoms with van der Waals surface area (Å²) in [6, 6.07) is 4.68. The Kier molecular flexibility index (Phi) is 6.52. The molecule has 0 aliphatic carbocycles. The first kappa shape index (κ1) is 14.5. The third-order valence-corrected chi connectivity index (χ3v) is 3.67. The fraction of sp³-hybridized carbons (Fsp3) is 0.692. The van der Waals surface area contributed by atoms with Crippen molar-refractivity contribution in [3.63, 3.8) is 0 Å². The van der Waals surface area contributed by atoms with Gasteiger partial charge in [0.05, 0.1) is 0 Å². The van der Waals surface area contributed by atoms with E-state index >= 15 is 0 Å². The number of hydrogen-bond donors (Lipinski definition) is 1. The summed E-state index contributed by atoms with van der Waals surface area (Å²) in [4.78, 5) is 0. The quantitative estimate of drug-likeness (QED) is 0.773. The summed E-state index contributed by atoms with van der Waals surface area (Å²) in [5, 5.41) is 3.48. The Morgan fingerprint density at radius 2 is 2.29 bits per heavy atom. The maximum Gasteiger partial charge on any atom is 0.0361 e. The van der Waals surface area contributed by atoms with Crippen molar-refractivity contribution in [2.24, 2.45) is 0 Å². The van der Waals surface area contributed by atoms with Gasteiger partial charge < -0.3 is 9.88 Å². The van der Waals surface area contributed by atoms with E-state index in [4.69, 9.17) is 0 Å². The number of aromatic nitrogens is 1. The molecule has 0 bridgehead atoms. The van der Waals surface area contributed by atoms with Gasteiger partial charge in [-0.25, -0.2) is 0 Å². The van der Waals surface area contributed by atoms with Crippen molar-refractivity contribution >= 4 is 10.8 Å². The van der Waals surface area contributed by atoms with Crippen molar-refractivity contribution < 1.29 is 4.21 Å². The molecule has 3 nitrogen and oxygen atoms in total. The highest BCUT2D eigenvalue weighted by atomic mass is 32.2. The molecule has 1 aromatic heterocycles. The van der Waals surface area contributed by atoms with Gasteiger partial charge in [0.15, 0.2) is 0 Å². The Morgan fingerprint density at radius 3 is 2.94 bits per heavy atom. The molecule has 0 saturated heterocycles. The van der Waals surface area contributed by atoms with Crippen molar-refractivity contribution in [2.75, 3.05) is 12.0 Å². The van der Waals surface area contributed by atoms with E-state index in [0.29, 0.717) is 6.04 Å². The third kappa shape index (κ3) is 5.50. The largest absolute Gasteiger partial charge is 0.350 e. The summed E-state index contributed by atoms with van der Waals surface area (Å²) in [6.07, 6.45) is 6.02. The van der Waals surface area contributed by atoms with Crippen LogP contribution in [0.1, 0.15) is 32.4 Å². The molecule has 1 heterocycles. The van der Waals surface area contributed by atoms with Gasteiger partial charge in [-0.15, -0.1) is 0 Å². The van der Waals surface area contributed by atoms with Crippen LogP contribution in [0, 0.1) is 0 Å². The first-order chi connectivity index (χ1) is 8.13. The van der Waals surface area contributed by atoms with Gasteiger partial charge in [-0.3, -0.25) is 4.21 Å². The fourth-order valence-corrected chi connectivity index (χ4v) is 2.48. The zero-order chi connectivity index (χ0) is 12.7. The first-order valence-electron chi connectivity index (χ1n) is 6.31. The average molecular weight is 256 g/mol. The van der Waals surface area contributed by atoms with E-state index in [2.05, 4.69) is 42.1 Å². The molecule has 1 rings (SSSR count). The second-order valence-electron chi connectivity index (χ2n) is 4.54. The topological polar surface area (TPSA) is 34.0 Å². The monoisotopic (exact) mass is 256 g/mol. The van der Waals surface area contributed by atoms with Crippen molar-refractivity contribution in [3.8, 4) is 0 Å². The lowest BCUT2D eigenvalue weighted by atomic mass is 10.2. The van der Waals surface area contributed by atoms with Crippen molar-refractivity contribution in [3.05, 3.63) is 24.0 Å². The predicted octanol–water partition coefficient (Wildman–Crippen LogP) is 2.14. The molecule has 0 spiro atoms. The number of rotatable bonds is 8. The van der Waals surface area contributed by atoms with Crippen LogP contribution in [0.4, 0.5) is 0 Å². The highest BCUT2D eigenvalue weighted by Crippen LogP contribution is 2.04. The summed E-state index contributed by atoms with van der Waals surface area (Å²) < 4.78 is 13.3. The van der Waals surface area contributed by atoms with Crippen molar-refractivity contribution in [1.82, 2.24) is 9.88 Å². The van der Waals surface area contributed by atoms with Gasteiger partial charge in [-0.2, -0.15) is 0 Å². The number of nitrogens with zero attached hydrogens (tertiary/aromatic N) is 1. The molecule has 0 radical (unpaired) electrons. The molecule has 17 heavy (non-hydrogen) atoms. The van der Waals surface area contributed by atoms with E-state index in [1.54, 1.807) is 6.26 Å². The second kappa shape index (κ2) is 7.67. The fourth-order valence-electron chi connectivity index (χ4n) is 1.79. The van der Waals surface area contributed by atoms with Gasteiger partial charge in [0.2, 0.25) is 0 Å². The van der Waals surface area contributed by atoms with Crippen LogP contribution in [0.15, 0.2) is 18.3 Å². The molecule has 0 aromatic carbocycles. The van der Waals surface area contributed by atoms with Gasteiger partial charge in [-0.05, 0) is 31.9 Å². The zero-order valence-electron chi connectivity index (χ0n) is 11.1. The summed E-state index contributed by atoms with van der Waals surface area (Å²) in [6.45, 7) is 6.32. The van der Waals surface area contributed by atoms with Crippen LogP contribution in [0.25, 0.3) is 0 Å². The molecule has 0 aliphatic heterocycles.